The van der Waals surface area contributed by atoms with Crippen LogP contribution in [0.15, 0.2) is 59.4 Å². The van der Waals surface area contributed by atoms with Crippen LogP contribution < -0.4 is 15.2 Å². The summed E-state index contributed by atoms with van der Waals surface area (Å²) in [5.41, 5.74) is 0.657. The highest BCUT2D eigenvalue weighted by molar-refractivity contribution is 6.30. The lowest BCUT2D eigenvalue weighted by Crippen LogP contribution is -2.48. The van der Waals surface area contributed by atoms with Crippen LogP contribution in [-0.2, 0) is 16.6 Å². The number of halogens is 5. The van der Waals surface area contributed by atoms with Crippen molar-refractivity contribution in [2.24, 2.45) is 13.0 Å². The fourth-order valence-electron chi connectivity index (χ4n) is 6.34. The number of anilines is 1. The molecule has 3 heterocycles. The third kappa shape index (κ3) is 7.46. The molecule has 2 amide bonds. The van der Waals surface area contributed by atoms with Crippen LogP contribution in [0.3, 0.4) is 0 Å². The van der Waals surface area contributed by atoms with Crippen molar-refractivity contribution in [2.45, 2.75) is 37.4 Å². The number of benzene rings is 2. The number of methoxy groups -OCH3 is 1. The number of aryl methyl sites for hydroxylation is 1. The van der Waals surface area contributed by atoms with Crippen LogP contribution >= 0.6 is 11.6 Å². The van der Waals surface area contributed by atoms with Gasteiger partial charge in [-0.15, -0.1) is 0 Å². The van der Waals surface area contributed by atoms with E-state index in [-0.39, 0.29) is 37.6 Å². The summed E-state index contributed by atoms with van der Waals surface area (Å²) < 4.78 is 61.8. The third-order valence-electron chi connectivity index (χ3n) is 8.65. The lowest BCUT2D eigenvalue weighted by molar-refractivity contribution is -0.164. The van der Waals surface area contributed by atoms with Gasteiger partial charge in [-0.2, -0.15) is 18.3 Å². The van der Waals surface area contributed by atoms with Gasteiger partial charge in [0.15, 0.2) is 0 Å². The van der Waals surface area contributed by atoms with Crippen molar-refractivity contribution in [3.05, 3.63) is 86.9 Å². The number of rotatable bonds is 6. The van der Waals surface area contributed by atoms with Crippen LogP contribution in [-0.4, -0.2) is 77.4 Å². The smallest absolute Gasteiger partial charge is 0.397 e. The topological polar surface area (TPSA) is 88.0 Å². The van der Waals surface area contributed by atoms with Crippen molar-refractivity contribution >= 4 is 29.2 Å². The Morgan fingerprint density at radius 1 is 1.02 bits per heavy atom. The summed E-state index contributed by atoms with van der Waals surface area (Å²) in [6.07, 6.45) is -5.58. The molecule has 0 spiro atoms. The predicted molar refractivity (Wildman–Crippen MR) is 163 cm³/mol. The van der Waals surface area contributed by atoms with Gasteiger partial charge in [0.25, 0.3) is 5.56 Å². The standard InChI is InChI=1S/C32H34ClF4N5O4/c1-39-29(43)12-11-28(38-39)41-18-24(23-10-9-22(46-2)16-26(23)34)25(19-41)31(45)40-13-3-4-27(20-5-7-21(33)8-6-20)42(15-14-40)30(44)17-32(35,36)37/h5-12,16,24-25,27H,3-4,13-15,17-19H2,1-2H3. The molecule has 0 radical (unpaired) electrons. The minimum absolute atomic E-state index is 0.00107. The highest BCUT2D eigenvalue weighted by Crippen LogP contribution is 2.39. The number of nitrogens with zero attached hydrogens (tertiary/aromatic N) is 5. The molecule has 2 aliphatic rings. The SMILES string of the molecule is COc1ccc(C2CN(c3ccc(=O)n(C)n3)CC2C(=O)N2CCCC(c3ccc(Cl)cc3)N(C(=O)CC(F)(F)F)CC2)c(F)c1. The minimum atomic E-state index is -4.70. The lowest BCUT2D eigenvalue weighted by Gasteiger charge is -2.38. The van der Waals surface area contributed by atoms with Gasteiger partial charge < -0.3 is 19.4 Å². The van der Waals surface area contributed by atoms with Gasteiger partial charge in [0.05, 0.1) is 19.1 Å². The average Bonchev–Trinajstić information content (AvgIpc) is 3.43. The van der Waals surface area contributed by atoms with E-state index >= 15 is 4.39 Å². The van der Waals surface area contributed by atoms with Gasteiger partial charge in [-0.3, -0.25) is 14.4 Å². The van der Waals surface area contributed by atoms with E-state index in [0.29, 0.717) is 47.1 Å². The molecule has 46 heavy (non-hydrogen) atoms. The zero-order valence-electron chi connectivity index (χ0n) is 25.3. The molecule has 1 aromatic heterocycles. The van der Waals surface area contributed by atoms with Crippen LogP contribution in [0.4, 0.5) is 23.4 Å². The van der Waals surface area contributed by atoms with Gasteiger partial charge >= 0.3 is 6.18 Å². The molecule has 3 atom stereocenters. The zero-order chi connectivity index (χ0) is 33.2. The fraction of sp³-hybridized carbons (Fsp3) is 0.438. The molecular formula is C32H34ClF4N5O4. The van der Waals surface area contributed by atoms with Gasteiger partial charge in [0.1, 0.15) is 23.8 Å². The van der Waals surface area contributed by atoms with Crippen LogP contribution in [0.25, 0.3) is 0 Å². The second-order valence-electron chi connectivity index (χ2n) is 11.6. The molecule has 14 heteroatoms. The Morgan fingerprint density at radius 3 is 2.41 bits per heavy atom. The monoisotopic (exact) mass is 663 g/mol. The maximum Gasteiger partial charge on any atom is 0.397 e. The van der Waals surface area contributed by atoms with E-state index in [4.69, 9.17) is 16.3 Å². The highest BCUT2D eigenvalue weighted by atomic mass is 35.5. The zero-order valence-corrected chi connectivity index (χ0v) is 26.1. The van der Waals surface area contributed by atoms with Gasteiger partial charge in [-0.05, 0) is 48.2 Å². The summed E-state index contributed by atoms with van der Waals surface area (Å²) in [7, 11) is 2.93. The summed E-state index contributed by atoms with van der Waals surface area (Å²) in [5, 5.41) is 4.77. The van der Waals surface area contributed by atoms with Crippen molar-refractivity contribution in [1.82, 2.24) is 19.6 Å². The van der Waals surface area contributed by atoms with E-state index in [2.05, 4.69) is 5.10 Å². The summed E-state index contributed by atoms with van der Waals surface area (Å²) in [4.78, 5) is 43.8. The molecule has 3 unspecified atom stereocenters. The van der Waals surface area contributed by atoms with Gasteiger partial charge in [-0.25, -0.2) is 9.07 Å². The normalized spacial score (nSPS) is 20.8. The Labute approximate surface area is 268 Å². The largest absolute Gasteiger partial charge is 0.497 e. The first-order chi connectivity index (χ1) is 21.8. The summed E-state index contributed by atoms with van der Waals surface area (Å²) in [6, 6.07) is 13.4. The van der Waals surface area contributed by atoms with E-state index < -0.39 is 42.2 Å². The molecule has 0 saturated carbocycles. The molecule has 0 N–H and O–H groups in total. The van der Waals surface area contributed by atoms with Crippen LogP contribution in [0.2, 0.25) is 5.02 Å². The Morgan fingerprint density at radius 2 is 1.76 bits per heavy atom. The van der Waals surface area contributed by atoms with E-state index in [0.717, 1.165) is 0 Å². The highest BCUT2D eigenvalue weighted by Gasteiger charge is 2.43. The molecular weight excluding hydrogens is 630 g/mol. The van der Waals surface area contributed by atoms with Crippen LogP contribution in [0.5, 0.6) is 5.75 Å². The number of amides is 2. The summed E-state index contributed by atoms with van der Waals surface area (Å²) in [6.45, 7) is 0.582. The van der Waals surface area contributed by atoms with Crippen LogP contribution in [0, 0.1) is 11.7 Å². The average molecular weight is 664 g/mol. The summed E-state index contributed by atoms with van der Waals surface area (Å²) in [5.74, 6) is -2.51. The number of aromatic nitrogens is 2. The number of alkyl halides is 3. The first-order valence-corrected chi connectivity index (χ1v) is 15.3. The second-order valence-corrected chi connectivity index (χ2v) is 12.0. The Balaban J connectivity index is 1.43. The predicted octanol–water partition coefficient (Wildman–Crippen LogP) is 4.95. The molecule has 2 saturated heterocycles. The van der Waals surface area contributed by atoms with Crippen LogP contribution in [0.1, 0.15) is 42.3 Å². The van der Waals surface area contributed by atoms with Gasteiger partial charge in [0.2, 0.25) is 11.8 Å². The lowest BCUT2D eigenvalue weighted by atomic mass is 9.87. The molecule has 9 nitrogen and oxygen atoms in total. The van der Waals surface area contributed by atoms with E-state index in [9.17, 15) is 27.6 Å². The van der Waals surface area contributed by atoms with Gasteiger partial charge in [-0.1, -0.05) is 29.8 Å². The first-order valence-electron chi connectivity index (χ1n) is 14.9. The fourth-order valence-corrected chi connectivity index (χ4v) is 6.46. The summed E-state index contributed by atoms with van der Waals surface area (Å²) >= 11 is 6.03. The van der Waals surface area contributed by atoms with Crippen molar-refractivity contribution in [2.75, 3.05) is 44.7 Å². The number of ether oxygens (including phenoxy) is 1. The van der Waals surface area contributed by atoms with Crippen molar-refractivity contribution < 1.29 is 31.9 Å². The van der Waals surface area contributed by atoms with Crippen molar-refractivity contribution in [1.29, 1.82) is 0 Å². The maximum atomic E-state index is 15.4. The molecule has 3 aromatic rings. The number of carbonyl (C=O) groups is 2. The first kappa shape index (κ1) is 33.2. The quantitative estimate of drug-likeness (QED) is 0.347. The van der Waals surface area contributed by atoms with Crippen molar-refractivity contribution in [3.8, 4) is 5.75 Å². The molecule has 0 aliphatic carbocycles. The third-order valence-corrected chi connectivity index (χ3v) is 8.90. The molecule has 5 rings (SSSR count). The number of hydrogen-bond donors (Lipinski definition) is 0. The molecule has 2 aliphatic heterocycles. The second kappa shape index (κ2) is 13.7. The Hall–Kier alpha value is -4.13. The molecule has 246 valence electrons. The number of hydrogen-bond acceptors (Lipinski definition) is 6. The molecule has 2 aromatic carbocycles. The van der Waals surface area contributed by atoms with E-state index in [1.165, 1.54) is 35.9 Å². The molecule has 0 bridgehead atoms. The van der Waals surface area contributed by atoms with E-state index in [1.807, 2.05) is 4.90 Å². The van der Waals surface area contributed by atoms with Crippen molar-refractivity contribution in [3.63, 3.8) is 0 Å². The maximum absolute atomic E-state index is 15.4. The number of carbonyl (C=O) groups excluding carboxylic acids is 2. The molecule has 2 fully saturated rings. The van der Waals surface area contributed by atoms with E-state index in [1.54, 1.807) is 47.4 Å². The Bertz CT molecular complexity index is 1630. The van der Waals surface area contributed by atoms with Gasteiger partial charge in [0, 0.05) is 62.8 Å². The Kier molecular flexibility index (Phi) is 9.90. The minimum Gasteiger partial charge on any atom is -0.497 e.